The standard InChI is InChI=1S/C16H21F2N3O3/c1-11(2)20(10-14(17)18)8-13(22)9-21-15(19-24-16(21)23)12-6-4-3-5-7-12/h3-7,11,13-14,22H,8-10H2,1-2H3. The molecular formula is C16H21F2N3O3. The first-order valence-corrected chi connectivity index (χ1v) is 7.70. The fourth-order valence-electron chi connectivity index (χ4n) is 2.44. The van der Waals surface area contributed by atoms with E-state index < -0.39 is 24.8 Å². The minimum absolute atomic E-state index is 0.0217. The molecule has 0 saturated heterocycles. The Bertz CT molecular complexity index is 685. The highest BCUT2D eigenvalue weighted by molar-refractivity contribution is 5.54. The molecule has 0 aliphatic carbocycles. The van der Waals surface area contributed by atoms with Gasteiger partial charge in [0.25, 0.3) is 6.43 Å². The maximum absolute atomic E-state index is 12.6. The van der Waals surface area contributed by atoms with E-state index in [1.54, 1.807) is 38.1 Å². The molecule has 0 amide bonds. The van der Waals surface area contributed by atoms with Gasteiger partial charge in [-0.3, -0.25) is 14.0 Å². The van der Waals surface area contributed by atoms with E-state index in [-0.39, 0.29) is 19.1 Å². The van der Waals surface area contributed by atoms with Crippen molar-refractivity contribution in [3.63, 3.8) is 0 Å². The van der Waals surface area contributed by atoms with Gasteiger partial charge in [-0.2, -0.15) is 0 Å². The van der Waals surface area contributed by atoms with Gasteiger partial charge in [0.1, 0.15) is 0 Å². The van der Waals surface area contributed by atoms with Gasteiger partial charge in [-0.25, -0.2) is 13.6 Å². The van der Waals surface area contributed by atoms with Crippen LogP contribution in [0.15, 0.2) is 39.6 Å². The van der Waals surface area contributed by atoms with Crippen LogP contribution in [0.4, 0.5) is 8.78 Å². The molecule has 1 heterocycles. The highest BCUT2D eigenvalue weighted by Crippen LogP contribution is 2.15. The highest BCUT2D eigenvalue weighted by atomic mass is 19.3. The smallest absolute Gasteiger partial charge is 0.390 e. The molecule has 8 heteroatoms. The van der Waals surface area contributed by atoms with Crippen LogP contribution in [-0.2, 0) is 6.54 Å². The molecule has 0 bridgehead atoms. The molecule has 1 unspecified atom stereocenters. The Hall–Kier alpha value is -2.06. The van der Waals surface area contributed by atoms with Gasteiger partial charge in [0.2, 0.25) is 0 Å². The fourth-order valence-corrected chi connectivity index (χ4v) is 2.44. The summed E-state index contributed by atoms with van der Waals surface area (Å²) >= 11 is 0. The van der Waals surface area contributed by atoms with E-state index in [1.165, 1.54) is 9.47 Å². The third-order valence-corrected chi connectivity index (χ3v) is 3.66. The monoisotopic (exact) mass is 341 g/mol. The molecular weight excluding hydrogens is 320 g/mol. The van der Waals surface area contributed by atoms with E-state index in [0.717, 1.165) is 0 Å². The number of hydrogen-bond donors (Lipinski definition) is 1. The van der Waals surface area contributed by atoms with Crippen LogP contribution in [0.5, 0.6) is 0 Å². The zero-order valence-corrected chi connectivity index (χ0v) is 13.6. The molecule has 1 aromatic heterocycles. The lowest BCUT2D eigenvalue weighted by Crippen LogP contribution is -2.42. The molecule has 0 radical (unpaired) electrons. The summed E-state index contributed by atoms with van der Waals surface area (Å²) in [6.07, 6.45) is -3.50. The van der Waals surface area contributed by atoms with Gasteiger partial charge in [0, 0.05) is 18.2 Å². The van der Waals surface area contributed by atoms with Gasteiger partial charge in [-0.05, 0) is 13.8 Å². The third kappa shape index (κ3) is 4.72. The van der Waals surface area contributed by atoms with Crippen LogP contribution in [0.25, 0.3) is 11.4 Å². The Morgan fingerprint density at radius 2 is 1.92 bits per heavy atom. The van der Waals surface area contributed by atoms with Crippen molar-refractivity contribution in [1.29, 1.82) is 0 Å². The fraction of sp³-hybridized carbons (Fsp3) is 0.500. The SMILES string of the molecule is CC(C)N(CC(F)F)CC(O)Cn1c(-c2ccccc2)noc1=O. The second kappa shape index (κ2) is 8.16. The van der Waals surface area contributed by atoms with E-state index in [0.29, 0.717) is 11.4 Å². The quantitative estimate of drug-likeness (QED) is 0.793. The number of benzene rings is 1. The molecule has 1 atom stereocenters. The van der Waals surface area contributed by atoms with Gasteiger partial charge >= 0.3 is 5.76 Å². The zero-order valence-electron chi connectivity index (χ0n) is 13.6. The first kappa shape index (κ1) is 18.3. The maximum Gasteiger partial charge on any atom is 0.441 e. The number of nitrogens with zero attached hydrogens (tertiary/aromatic N) is 3. The first-order chi connectivity index (χ1) is 11.4. The van der Waals surface area contributed by atoms with Gasteiger partial charge in [0.15, 0.2) is 5.82 Å². The largest absolute Gasteiger partial charge is 0.441 e. The summed E-state index contributed by atoms with van der Waals surface area (Å²) in [5.74, 6) is -0.400. The van der Waals surface area contributed by atoms with Crippen LogP contribution in [0.3, 0.4) is 0 Å². The van der Waals surface area contributed by atoms with Crippen LogP contribution in [0.1, 0.15) is 13.8 Å². The first-order valence-electron chi connectivity index (χ1n) is 7.70. The molecule has 24 heavy (non-hydrogen) atoms. The van der Waals surface area contributed by atoms with Crippen molar-refractivity contribution in [1.82, 2.24) is 14.6 Å². The lowest BCUT2D eigenvalue weighted by atomic mass is 10.2. The molecule has 0 aliphatic heterocycles. The summed E-state index contributed by atoms with van der Waals surface area (Å²) in [4.78, 5) is 13.3. The van der Waals surface area contributed by atoms with Crippen molar-refractivity contribution in [2.45, 2.75) is 39.0 Å². The van der Waals surface area contributed by atoms with Crippen LogP contribution < -0.4 is 5.76 Å². The van der Waals surface area contributed by atoms with Crippen molar-refractivity contribution in [3.8, 4) is 11.4 Å². The van der Waals surface area contributed by atoms with Gasteiger partial charge in [-0.1, -0.05) is 35.5 Å². The molecule has 0 saturated carbocycles. The van der Waals surface area contributed by atoms with E-state index >= 15 is 0 Å². The lowest BCUT2D eigenvalue weighted by Gasteiger charge is -2.28. The lowest BCUT2D eigenvalue weighted by molar-refractivity contribution is 0.0339. The van der Waals surface area contributed by atoms with E-state index in [2.05, 4.69) is 9.68 Å². The maximum atomic E-state index is 12.6. The summed E-state index contributed by atoms with van der Waals surface area (Å²) in [6.45, 7) is 3.05. The molecule has 0 fully saturated rings. The second-order valence-electron chi connectivity index (χ2n) is 5.84. The van der Waals surface area contributed by atoms with E-state index in [4.69, 9.17) is 0 Å². The molecule has 2 aromatic rings. The van der Waals surface area contributed by atoms with Crippen LogP contribution in [0, 0.1) is 0 Å². The minimum atomic E-state index is -2.49. The van der Waals surface area contributed by atoms with Crippen molar-refractivity contribution in [2.24, 2.45) is 0 Å². The van der Waals surface area contributed by atoms with E-state index in [1.807, 2.05) is 6.07 Å². The normalized spacial score (nSPS) is 13.2. The summed E-state index contributed by atoms with van der Waals surface area (Å²) < 4.78 is 31.1. The number of alkyl halides is 2. The molecule has 0 spiro atoms. The molecule has 132 valence electrons. The predicted octanol–water partition coefficient (Wildman–Crippen LogP) is 1.84. The Labute approximate surface area is 138 Å². The van der Waals surface area contributed by atoms with Crippen LogP contribution in [-0.4, -0.2) is 51.4 Å². The van der Waals surface area contributed by atoms with Crippen LogP contribution >= 0.6 is 0 Å². The number of aromatic nitrogens is 2. The van der Waals surface area contributed by atoms with Crippen molar-refractivity contribution in [2.75, 3.05) is 13.1 Å². The van der Waals surface area contributed by atoms with Gasteiger partial charge in [-0.15, -0.1) is 0 Å². The highest BCUT2D eigenvalue weighted by Gasteiger charge is 2.21. The molecule has 6 nitrogen and oxygen atoms in total. The molecule has 1 N–H and O–H groups in total. The number of hydrogen-bond acceptors (Lipinski definition) is 5. The zero-order chi connectivity index (χ0) is 17.7. The summed E-state index contributed by atoms with van der Waals surface area (Å²) in [6, 6.07) is 8.78. The molecule has 1 aromatic carbocycles. The van der Waals surface area contributed by atoms with E-state index in [9.17, 15) is 18.7 Å². The second-order valence-corrected chi connectivity index (χ2v) is 5.84. The topological polar surface area (TPSA) is 71.5 Å². The number of aliphatic hydroxyl groups excluding tert-OH is 1. The number of rotatable bonds is 8. The number of halogens is 2. The average Bonchev–Trinajstić information content (AvgIpc) is 2.88. The third-order valence-electron chi connectivity index (χ3n) is 3.66. The molecule has 0 aliphatic rings. The summed E-state index contributed by atoms with van der Waals surface area (Å²) in [5.41, 5.74) is 0.670. The van der Waals surface area contributed by atoms with Crippen molar-refractivity contribution < 1.29 is 18.4 Å². The Balaban J connectivity index is 2.13. The predicted molar refractivity (Wildman–Crippen MR) is 84.9 cm³/mol. The summed E-state index contributed by atoms with van der Waals surface area (Å²) in [5, 5.41) is 14.0. The number of aliphatic hydroxyl groups is 1. The Kier molecular flexibility index (Phi) is 6.22. The minimum Gasteiger partial charge on any atom is -0.390 e. The average molecular weight is 341 g/mol. The molecule has 2 rings (SSSR count). The van der Waals surface area contributed by atoms with Gasteiger partial charge in [0.05, 0.1) is 19.2 Å². The van der Waals surface area contributed by atoms with Gasteiger partial charge < -0.3 is 5.11 Å². The van der Waals surface area contributed by atoms with Crippen molar-refractivity contribution >= 4 is 0 Å². The Morgan fingerprint density at radius 3 is 2.50 bits per heavy atom. The summed E-state index contributed by atoms with van der Waals surface area (Å²) in [7, 11) is 0. The van der Waals surface area contributed by atoms with Crippen molar-refractivity contribution in [3.05, 3.63) is 40.9 Å². The Morgan fingerprint density at radius 1 is 1.25 bits per heavy atom. The van der Waals surface area contributed by atoms with Crippen LogP contribution in [0.2, 0.25) is 0 Å².